The molecule has 19 heavy (non-hydrogen) atoms. The van der Waals surface area contributed by atoms with Gasteiger partial charge in [0.25, 0.3) is 17.6 Å². The average molecular weight is 279 g/mol. The number of aromatic nitrogens is 3. The molecule has 7 nitrogen and oxygen atoms in total. The van der Waals surface area contributed by atoms with Gasteiger partial charge in [-0.15, -0.1) is 0 Å². The van der Waals surface area contributed by atoms with Crippen molar-refractivity contribution in [2.75, 3.05) is 12.4 Å². The predicted octanol–water partition coefficient (Wildman–Crippen LogP) is 1.44. The second kappa shape index (κ2) is 4.61. The Hall–Kier alpha value is -1.96. The summed E-state index contributed by atoms with van der Waals surface area (Å²) >= 11 is 1.32. The van der Waals surface area contributed by atoms with Gasteiger partial charge in [-0.05, 0) is 31.3 Å². The van der Waals surface area contributed by atoms with Crippen LogP contribution in [0.2, 0.25) is 0 Å². The van der Waals surface area contributed by atoms with E-state index in [2.05, 4.69) is 25.1 Å². The van der Waals surface area contributed by atoms with Crippen molar-refractivity contribution in [1.82, 2.24) is 19.8 Å². The predicted molar refractivity (Wildman–Crippen MR) is 70.2 cm³/mol. The van der Waals surface area contributed by atoms with Gasteiger partial charge < -0.3 is 15.2 Å². The first-order valence-electron chi connectivity index (χ1n) is 5.98. The zero-order chi connectivity index (χ0) is 13.4. The minimum atomic E-state index is -0.288. The van der Waals surface area contributed by atoms with E-state index in [0.29, 0.717) is 5.89 Å². The van der Waals surface area contributed by atoms with Gasteiger partial charge in [-0.25, -0.2) is 0 Å². The maximum atomic E-state index is 11.8. The van der Waals surface area contributed by atoms with Gasteiger partial charge in [0.1, 0.15) is 5.00 Å². The molecule has 0 atom stereocenters. The summed E-state index contributed by atoms with van der Waals surface area (Å²) in [6.45, 7) is 1.86. The zero-order valence-electron chi connectivity index (χ0n) is 10.6. The standard InChI is InChI=1S/C11H13N5O2S/c1-5-7(11(12-2)19-16-5)10-14-8(15-18-10)9(17)13-6-3-4-6/h6,12H,3-4H2,1-2H3,(H,13,17). The second-order valence-electron chi connectivity index (χ2n) is 4.39. The molecular weight excluding hydrogens is 266 g/mol. The number of aryl methyl sites for hydroxylation is 1. The van der Waals surface area contributed by atoms with E-state index in [9.17, 15) is 4.79 Å². The summed E-state index contributed by atoms with van der Waals surface area (Å²) in [6.07, 6.45) is 2.04. The normalized spacial score (nSPS) is 14.4. The first-order chi connectivity index (χ1) is 9.19. The first-order valence-corrected chi connectivity index (χ1v) is 6.75. The number of amides is 1. The van der Waals surface area contributed by atoms with Gasteiger partial charge in [0.15, 0.2) is 0 Å². The molecule has 2 N–H and O–H groups in total. The highest BCUT2D eigenvalue weighted by Gasteiger charge is 2.27. The Morgan fingerprint density at radius 1 is 1.47 bits per heavy atom. The van der Waals surface area contributed by atoms with E-state index in [1.165, 1.54) is 11.5 Å². The summed E-state index contributed by atoms with van der Waals surface area (Å²) in [6, 6.07) is 0.270. The van der Waals surface area contributed by atoms with E-state index in [1.54, 1.807) is 7.05 Å². The number of rotatable bonds is 4. The molecular formula is C11H13N5O2S. The Morgan fingerprint density at radius 3 is 2.95 bits per heavy atom. The van der Waals surface area contributed by atoms with Gasteiger partial charge in [0, 0.05) is 13.1 Å². The summed E-state index contributed by atoms with van der Waals surface area (Å²) in [4.78, 5) is 15.9. The SMILES string of the molecule is CNc1snc(C)c1-c1nc(C(=O)NC2CC2)no1. The molecule has 1 fully saturated rings. The molecule has 3 rings (SSSR count). The van der Waals surface area contributed by atoms with Crippen molar-refractivity contribution in [2.45, 2.75) is 25.8 Å². The molecule has 0 saturated heterocycles. The molecule has 1 amide bonds. The number of hydrogen-bond acceptors (Lipinski definition) is 7. The van der Waals surface area contributed by atoms with E-state index in [0.717, 1.165) is 29.1 Å². The number of carbonyl (C=O) groups excluding carboxylic acids is 1. The van der Waals surface area contributed by atoms with E-state index in [1.807, 2.05) is 6.92 Å². The Labute approximate surface area is 113 Å². The van der Waals surface area contributed by atoms with Gasteiger partial charge in [-0.1, -0.05) is 5.16 Å². The van der Waals surface area contributed by atoms with Gasteiger partial charge in [0.2, 0.25) is 0 Å². The van der Waals surface area contributed by atoms with Crippen LogP contribution in [0.3, 0.4) is 0 Å². The molecule has 2 aromatic heterocycles. The lowest BCUT2D eigenvalue weighted by Gasteiger charge is -1.97. The fourth-order valence-corrected chi connectivity index (χ4v) is 2.42. The molecule has 0 aromatic carbocycles. The van der Waals surface area contributed by atoms with Crippen molar-refractivity contribution in [1.29, 1.82) is 0 Å². The number of carbonyl (C=O) groups is 1. The van der Waals surface area contributed by atoms with Crippen LogP contribution in [0, 0.1) is 6.92 Å². The van der Waals surface area contributed by atoms with Crippen LogP contribution in [-0.4, -0.2) is 33.5 Å². The fourth-order valence-electron chi connectivity index (χ4n) is 1.69. The molecule has 2 heterocycles. The van der Waals surface area contributed by atoms with Crippen LogP contribution in [0.4, 0.5) is 5.00 Å². The number of anilines is 1. The number of hydrogen-bond donors (Lipinski definition) is 2. The third-order valence-corrected chi connectivity index (χ3v) is 3.80. The number of nitrogens with zero attached hydrogens (tertiary/aromatic N) is 3. The molecule has 1 aliphatic carbocycles. The monoisotopic (exact) mass is 279 g/mol. The molecule has 0 unspecified atom stereocenters. The summed E-state index contributed by atoms with van der Waals surface area (Å²) in [5.74, 6) is 0.0930. The quantitative estimate of drug-likeness (QED) is 0.879. The van der Waals surface area contributed by atoms with E-state index >= 15 is 0 Å². The minimum Gasteiger partial charge on any atom is -0.378 e. The van der Waals surface area contributed by atoms with Gasteiger partial charge in [-0.3, -0.25) is 4.79 Å². The maximum Gasteiger partial charge on any atom is 0.292 e. The van der Waals surface area contributed by atoms with Crippen LogP contribution < -0.4 is 10.6 Å². The Kier molecular flexibility index (Phi) is 2.94. The van der Waals surface area contributed by atoms with Crippen LogP contribution >= 0.6 is 11.5 Å². The molecule has 8 heteroatoms. The third kappa shape index (κ3) is 2.30. The summed E-state index contributed by atoms with van der Waals surface area (Å²) in [7, 11) is 1.80. The molecule has 2 aromatic rings. The molecule has 0 radical (unpaired) electrons. The highest BCUT2D eigenvalue weighted by atomic mass is 32.1. The highest BCUT2D eigenvalue weighted by Crippen LogP contribution is 2.33. The Morgan fingerprint density at radius 2 is 2.26 bits per heavy atom. The van der Waals surface area contributed by atoms with Crippen LogP contribution in [0.25, 0.3) is 11.5 Å². The van der Waals surface area contributed by atoms with Crippen molar-refractivity contribution in [3.8, 4) is 11.5 Å². The second-order valence-corrected chi connectivity index (χ2v) is 5.17. The minimum absolute atomic E-state index is 0.0644. The van der Waals surface area contributed by atoms with Gasteiger partial charge >= 0.3 is 0 Å². The Balaban J connectivity index is 1.87. The van der Waals surface area contributed by atoms with Crippen LogP contribution in [-0.2, 0) is 0 Å². The van der Waals surface area contributed by atoms with Gasteiger partial charge in [0.05, 0.1) is 11.3 Å². The van der Waals surface area contributed by atoms with Gasteiger partial charge in [-0.2, -0.15) is 9.36 Å². The maximum absolute atomic E-state index is 11.8. The zero-order valence-corrected chi connectivity index (χ0v) is 11.4. The van der Waals surface area contributed by atoms with E-state index in [-0.39, 0.29) is 17.8 Å². The van der Waals surface area contributed by atoms with Crippen molar-refractivity contribution < 1.29 is 9.32 Å². The highest BCUT2D eigenvalue weighted by molar-refractivity contribution is 7.10. The molecule has 0 spiro atoms. The van der Waals surface area contributed by atoms with Crippen molar-refractivity contribution in [2.24, 2.45) is 0 Å². The average Bonchev–Trinajstić information content (AvgIpc) is 2.94. The summed E-state index contributed by atoms with van der Waals surface area (Å²) < 4.78 is 9.39. The van der Waals surface area contributed by atoms with Crippen molar-refractivity contribution in [3.63, 3.8) is 0 Å². The molecule has 1 aliphatic rings. The third-order valence-electron chi connectivity index (χ3n) is 2.85. The first kappa shape index (κ1) is 12.1. The Bertz CT molecular complexity index is 616. The summed E-state index contributed by atoms with van der Waals surface area (Å²) in [5, 5.41) is 10.4. The number of nitrogens with one attached hydrogen (secondary N) is 2. The van der Waals surface area contributed by atoms with E-state index < -0.39 is 0 Å². The topological polar surface area (TPSA) is 92.9 Å². The molecule has 0 bridgehead atoms. The lowest BCUT2D eigenvalue weighted by molar-refractivity contribution is 0.0937. The molecule has 0 aliphatic heterocycles. The smallest absolute Gasteiger partial charge is 0.292 e. The molecule has 1 saturated carbocycles. The van der Waals surface area contributed by atoms with Crippen LogP contribution in [0.15, 0.2) is 4.52 Å². The lowest BCUT2D eigenvalue weighted by atomic mass is 10.2. The summed E-state index contributed by atoms with van der Waals surface area (Å²) in [5.41, 5.74) is 1.55. The van der Waals surface area contributed by atoms with E-state index in [4.69, 9.17) is 4.52 Å². The largest absolute Gasteiger partial charge is 0.378 e. The van der Waals surface area contributed by atoms with Crippen LogP contribution in [0.5, 0.6) is 0 Å². The molecule has 100 valence electrons. The van der Waals surface area contributed by atoms with Crippen molar-refractivity contribution >= 4 is 22.4 Å². The van der Waals surface area contributed by atoms with Crippen molar-refractivity contribution in [3.05, 3.63) is 11.5 Å². The lowest BCUT2D eigenvalue weighted by Crippen LogP contribution is -2.26. The van der Waals surface area contributed by atoms with Crippen LogP contribution in [0.1, 0.15) is 29.2 Å². The fraction of sp³-hybridized carbons (Fsp3) is 0.455.